The monoisotopic (exact) mass is 347 g/mol. The van der Waals surface area contributed by atoms with E-state index >= 15 is 0 Å². The van der Waals surface area contributed by atoms with Crippen molar-refractivity contribution in [3.8, 4) is 11.4 Å². The molecule has 132 valence electrons. The molecule has 0 aliphatic heterocycles. The molecule has 2 aromatic carbocycles. The second-order valence-corrected chi connectivity index (χ2v) is 6.19. The predicted octanol–water partition coefficient (Wildman–Crippen LogP) is 4.85. The van der Waals surface area contributed by atoms with Crippen LogP contribution in [0.5, 0.6) is 0 Å². The lowest BCUT2D eigenvalue weighted by atomic mass is 10.1. The summed E-state index contributed by atoms with van der Waals surface area (Å²) in [5.41, 5.74) is 4.17. The van der Waals surface area contributed by atoms with Crippen molar-refractivity contribution in [1.29, 1.82) is 0 Å². The third-order valence-electron chi connectivity index (χ3n) is 4.00. The van der Waals surface area contributed by atoms with Crippen LogP contribution in [-0.4, -0.2) is 21.0 Å². The standard InChI is InChI=1S/C21H21N3O2/c1-3-4-18-13-19(22-17-11-9-16(10-12-17)21(25)26)24-20(23-18)15-7-5-14(2)6-8-15/h5-13H,3-4H2,1-2H3,(H,25,26)(H,22,23,24). The first-order valence-electron chi connectivity index (χ1n) is 8.60. The number of nitrogens with zero attached hydrogens (tertiary/aromatic N) is 2. The molecule has 0 atom stereocenters. The van der Waals surface area contributed by atoms with E-state index in [4.69, 9.17) is 5.11 Å². The number of hydrogen-bond acceptors (Lipinski definition) is 4. The van der Waals surface area contributed by atoms with Crippen molar-refractivity contribution < 1.29 is 9.90 Å². The summed E-state index contributed by atoms with van der Waals surface area (Å²) < 4.78 is 0. The molecular formula is C21H21N3O2. The average Bonchev–Trinajstić information content (AvgIpc) is 2.63. The van der Waals surface area contributed by atoms with Gasteiger partial charge in [-0.25, -0.2) is 14.8 Å². The summed E-state index contributed by atoms with van der Waals surface area (Å²) in [7, 11) is 0. The Labute approximate surface area is 152 Å². The van der Waals surface area contributed by atoms with E-state index in [0.717, 1.165) is 29.8 Å². The van der Waals surface area contributed by atoms with Crippen molar-refractivity contribution in [1.82, 2.24) is 9.97 Å². The maximum absolute atomic E-state index is 11.0. The Bertz CT molecular complexity index is 904. The van der Waals surface area contributed by atoms with E-state index in [1.807, 2.05) is 37.3 Å². The number of nitrogens with one attached hydrogen (secondary N) is 1. The minimum atomic E-state index is -0.939. The van der Waals surface area contributed by atoms with Gasteiger partial charge in [-0.15, -0.1) is 0 Å². The number of carbonyl (C=O) groups is 1. The summed E-state index contributed by atoms with van der Waals surface area (Å²) >= 11 is 0. The Morgan fingerprint density at radius 3 is 2.35 bits per heavy atom. The predicted molar refractivity (Wildman–Crippen MR) is 103 cm³/mol. The largest absolute Gasteiger partial charge is 0.478 e. The fraction of sp³-hybridized carbons (Fsp3) is 0.190. The Morgan fingerprint density at radius 1 is 1.04 bits per heavy atom. The zero-order chi connectivity index (χ0) is 18.5. The van der Waals surface area contributed by atoms with Crippen LogP contribution in [0.3, 0.4) is 0 Å². The van der Waals surface area contributed by atoms with Crippen molar-refractivity contribution in [2.75, 3.05) is 5.32 Å². The first-order valence-corrected chi connectivity index (χ1v) is 8.60. The van der Waals surface area contributed by atoms with Gasteiger partial charge in [0.2, 0.25) is 0 Å². The molecule has 1 heterocycles. The number of aromatic carboxylic acids is 1. The summed E-state index contributed by atoms with van der Waals surface area (Å²) in [6, 6.07) is 16.7. The van der Waals surface area contributed by atoms with Crippen LogP contribution >= 0.6 is 0 Å². The SMILES string of the molecule is CCCc1cc(Nc2ccc(C(=O)O)cc2)nc(-c2ccc(C)cc2)n1. The van der Waals surface area contributed by atoms with E-state index in [0.29, 0.717) is 11.6 Å². The van der Waals surface area contributed by atoms with Gasteiger partial charge in [0, 0.05) is 23.0 Å². The molecule has 0 amide bonds. The number of hydrogen-bond donors (Lipinski definition) is 2. The number of benzene rings is 2. The Hall–Kier alpha value is -3.21. The third-order valence-corrected chi connectivity index (χ3v) is 4.00. The van der Waals surface area contributed by atoms with Crippen LogP contribution in [0, 0.1) is 6.92 Å². The van der Waals surface area contributed by atoms with Gasteiger partial charge in [0.1, 0.15) is 5.82 Å². The average molecular weight is 347 g/mol. The van der Waals surface area contributed by atoms with Crippen molar-refractivity contribution in [2.45, 2.75) is 26.7 Å². The minimum absolute atomic E-state index is 0.255. The van der Waals surface area contributed by atoms with E-state index in [2.05, 4.69) is 22.2 Å². The Morgan fingerprint density at radius 2 is 1.73 bits per heavy atom. The highest BCUT2D eigenvalue weighted by Crippen LogP contribution is 2.22. The van der Waals surface area contributed by atoms with Gasteiger partial charge in [-0.3, -0.25) is 0 Å². The third kappa shape index (κ3) is 4.25. The topological polar surface area (TPSA) is 75.1 Å². The molecule has 0 saturated heterocycles. The van der Waals surface area contributed by atoms with Crippen LogP contribution < -0.4 is 5.32 Å². The highest BCUT2D eigenvalue weighted by Gasteiger charge is 2.08. The van der Waals surface area contributed by atoms with Gasteiger partial charge in [0.15, 0.2) is 5.82 Å². The molecule has 2 N–H and O–H groups in total. The lowest BCUT2D eigenvalue weighted by molar-refractivity contribution is 0.0697. The first kappa shape index (κ1) is 17.6. The summed E-state index contributed by atoms with van der Waals surface area (Å²) in [6.07, 6.45) is 1.87. The molecule has 5 nitrogen and oxygen atoms in total. The van der Waals surface area contributed by atoms with E-state index in [9.17, 15) is 4.79 Å². The van der Waals surface area contributed by atoms with Gasteiger partial charge in [-0.1, -0.05) is 43.2 Å². The summed E-state index contributed by atoms with van der Waals surface area (Å²) in [5.74, 6) is 0.438. The molecule has 0 spiro atoms. The summed E-state index contributed by atoms with van der Waals surface area (Å²) in [5, 5.41) is 12.2. The van der Waals surface area contributed by atoms with Crippen LogP contribution in [0.4, 0.5) is 11.5 Å². The first-order chi connectivity index (χ1) is 12.5. The van der Waals surface area contributed by atoms with Crippen LogP contribution in [0.15, 0.2) is 54.6 Å². The van der Waals surface area contributed by atoms with E-state index in [-0.39, 0.29) is 5.56 Å². The lowest BCUT2D eigenvalue weighted by Gasteiger charge is -2.10. The molecule has 0 bridgehead atoms. The fourth-order valence-electron chi connectivity index (χ4n) is 2.62. The minimum Gasteiger partial charge on any atom is -0.478 e. The quantitative estimate of drug-likeness (QED) is 0.667. The maximum Gasteiger partial charge on any atom is 0.335 e. The van der Waals surface area contributed by atoms with Gasteiger partial charge >= 0.3 is 5.97 Å². The number of anilines is 2. The molecule has 0 saturated carbocycles. The second kappa shape index (κ2) is 7.78. The van der Waals surface area contributed by atoms with Crippen molar-refractivity contribution in [2.24, 2.45) is 0 Å². The van der Waals surface area contributed by atoms with Gasteiger partial charge in [0.05, 0.1) is 5.56 Å². The van der Waals surface area contributed by atoms with Crippen molar-refractivity contribution >= 4 is 17.5 Å². The fourth-order valence-corrected chi connectivity index (χ4v) is 2.62. The zero-order valence-corrected chi connectivity index (χ0v) is 14.9. The summed E-state index contributed by atoms with van der Waals surface area (Å²) in [6.45, 7) is 4.16. The van der Waals surface area contributed by atoms with Gasteiger partial charge in [0.25, 0.3) is 0 Å². The molecule has 3 aromatic rings. The zero-order valence-electron chi connectivity index (χ0n) is 14.9. The maximum atomic E-state index is 11.0. The summed E-state index contributed by atoms with van der Waals surface area (Å²) in [4.78, 5) is 20.3. The molecule has 5 heteroatoms. The lowest BCUT2D eigenvalue weighted by Crippen LogP contribution is -2.02. The van der Waals surface area contributed by atoms with E-state index < -0.39 is 5.97 Å². The highest BCUT2D eigenvalue weighted by atomic mass is 16.4. The normalized spacial score (nSPS) is 10.5. The second-order valence-electron chi connectivity index (χ2n) is 6.19. The number of aromatic nitrogens is 2. The van der Waals surface area contributed by atoms with Gasteiger partial charge in [-0.05, 0) is 37.6 Å². The Kier molecular flexibility index (Phi) is 5.27. The van der Waals surface area contributed by atoms with Crippen LogP contribution in [0.1, 0.15) is 35.0 Å². The number of carboxylic acids is 1. The van der Waals surface area contributed by atoms with Crippen LogP contribution in [0.2, 0.25) is 0 Å². The molecular weight excluding hydrogens is 326 g/mol. The van der Waals surface area contributed by atoms with Gasteiger partial charge in [-0.2, -0.15) is 0 Å². The van der Waals surface area contributed by atoms with E-state index in [1.54, 1.807) is 24.3 Å². The van der Waals surface area contributed by atoms with Gasteiger partial charge < -0.3 is 10.4 Å². The molecule has 0 aliphatic rings. The molecule has 0 unspecified atom stereocenters. The molecule has 0 fully saturated rings. The molecule has 26 heavy (non-hydrogen) atoms. The number of rotatable bonds is 6. The van der Waals surface area contributed by atoms with Crippen molar-refractivity contribution in [3.05, 3.63) is 71.4 Å². The van der Waals surface area contributed by atoms with Crippen LogP contribution in [-0.2, 0) is 6.42 Å². The highest BCUT2D eigenvalue weighted by molar-refractivity contribution is 5.88. The molecule has 3 rings (SSSR count). The number of carboxylic acid groups (broad SMARTS) is 1. The smallest absolute Gasteiger partial charge is 0.335 e. The number of aryl methyl sites for hydroxylation is 2. The van der Waals surface area contributed by atoms with E-state index in [1.165, 1.54) is 5.56 Å². The molecule has 0 aliphatic carbocycles. The molecule has 0 radical (unpaired) electrons. The van der Waals surface area contributed by atoms with Crippen LogP contribution in [0.25, 0.3) is 11.4 Å². The molecule has 1 aromatic heterocycles. The Balaban J connectivity index is 1.92. The van der Waals surface area contributed by atoms with Crippen molar-refractivity contribution in [3.63, 3.8) is 0 Å².